The predicted molar refractivity (Wildman–Crippen MR) is 74.8 cm³/mol. The quantitative estimate of drug-likeness (QED) is 0.820. The van der Waals surface area contributed by atoms with Crippen molar-refractivity contribution < 1.29 is 4.79 Å². The van der Waals surface area contributed by atoms with Crippen LogP contribution in [0.3, 0.4) is 0 Å². The van der Waals surface area contributed by atoms with Crippen molar-refractivity contribution in [1.29, 1.82) is 0 Å². The van der Waals surface area contributed by atoms with Gasteiger partial charge in [0.2, 0.25) is 5.91 Å². The number of nitrogens with two attached hydrogens (primary N) is 1. The highest BCUT2D eigenvalue weighted by Gasteiger charge is 2.25. The first kappa shape index (κ1) is 13.4. The molecule has 0 bridgehead atoms. The van der Waals surface area contributed by atoms with Crippen molar-refractivity contribution in [2.45, 2.75) is 39.7 Å². The lowest BCUT2D eigenvalue weighted by Gasteiger charge is -2.29. The van der Waals surface area contributed by atoms with Crippen molar-refractivity contribution >= 4 is 23.2 Å². The molecule has 0 saturated heterocycles. The van der Waals surface area contributed by atoms with Gasteiger partial charge in [0.05, 0.1) is 10.7 Å². The van der Waals surface area contributed by atoms with Gasteiger partial charge in [0.15, 0.2) is 0 Å². The largest absolute Gasteiger partial charge is 0.325 e. The molecule has 2 rings (SSSR count). The maximum absolute atomic E-state index is 11.4. The molecule has 1 aromatic carbocycles. The molecule has 3 N–H and O–H groups in total. The van der Waals surface area contributed by atoms with Crippen molar-refractivity contribution in [2.75, 3.05) is 5.32 Å². The van der Waals surface area contributed by atoms with Crippen molar-refractivity contribution in [1.82, 2.24) is 0 Å². The van der Waals surface area contributed by atoms with Crippen LogP contribution < -0.4 is 11.1 Å². The molecule has 98 valence electrons. The van der Waals surface area contributed by atoms with Crippen LogP contribution in [0.5, 0.6) is 0 Å². The van der Waals surface area contributed by atoms with Gasteiger partial charge in [0.25, 0.3) is 0 Å². The summed E-state index contributed by atoms with van der Waals surface area (Å²) < 4.78 is 0. The smallest absolute Gasteiger partial charge is 0.224 e. The zero-order valence-corrected chi connectivity index (χ0v) is 11.8. The second-order valence-corrected chi connectivity index (χ2v) is 6.34. The summed E-state index contributed by atoms with van der Waals surface area (Å²) in [5.74, 6) is 0.0252. The van der Waals surface area contributed by atoms with E-state index in [1.54, 1.807) is 0 Å². The van der Waals surface area contributed by atoms with Crippen LogP contribution in [-0.2, 0) is 11.2 Å². The van der Waals surface area contributed by atoms with Gasteiger partial charge in [-0.1, -0.05) is 38.4 Å². The van der Waals surface area contributed by atoms with Crippen LogP contribution in [0, 0.1) is 5.41 Å². The Labute approximate surface area is 113 Å². The third-order valence-corrected chi connectivity index (χ3v) is 3.67. The monoisotopic (exact) mass is 266 g/mol. The number of carbonyl (C=O) groups is 1. The van der Waals surface area contributed by atoms with Crippen LogP contribution in [0.4, 0.5) is 5.69 Å². The zero-order valence-electron chi connectivity index (χ0n) is 11.0. The predicted octanol–water partition coefficient (Wildman–Crippen LogP) is 3.27. The third kappa shape index (κ3) is 2.52. The van der Waals surface area contributed by atoms with E-state index in [4.69, 9.17) is 17.3 Å². The Morgan fingerprint density at radius 3 is 2.61 bits per heavy atom. The van der Waals surface area contributed by atoms with E-state index in [0.29, 0.717) is 11.4 Å². The first-order chi connectivity index (χ1) is 8.29. The second kappa shape index (κ2) is 4.56. The summed E-state index contributed by atoms with van der Waals surface area (Å²) in [6, 6.07) is 3.86. The Morgan fingerprint density at radius 2 is 2.00 bits per heavy atom. The van der Waals surface area contributed by atoms with Gasteiger partial charge in [0, 0.05) is 12.5 Å². The maximum Gasteiger partial charge on any atom is 0.224 e. The molecule has 0 saturated carbocycles. The Kier molecular flexibility index (Phi) is 3.39. The lowest BCUT2D eigenvalue weighted by atomic mass is 9.82. The molecule has 0 spiro atoms. The summed E-state index contributed by atoms with van der Waals surface area (Å²) in [5, 5.41) is 3.40. The van der Waals surface area contributed by atoms with E-state index < -0.39 is 0 Å². The fourth-order valence-corrected chi connectivity index (χ4v) is 2.45. The van der Waals surface area contributed by atoms with Crippen LogP contribution in [0.25, 0.3) is 0 Å². The topological polar surface area (TPSA) is 55.1 Å². The number of benzene rings is 1. The summed E-state index contributed by atoms with van der Waals surface area (Å²) >= 11 is 6.24. The van der Waals surface area contributed by atoms with E-state index in [1.165, 1.54) is 0 Å². The normalized spacial score (nSPS) is 17.1. The Morgan fingerprint density at radius 1 is 1.33 bits per heavy atom. The van der Waals surface area contributed by atoms with Crippen molar-refractivity contribution in [3.8, 4) is 0 Å². The first-order valence-corrected chi connectivity index (χ1v) is 6.54. The van der Waals surface area contributed by atoms with Crippen molar-refractivity contribution in [3.63, 3.8) is 0 Å². The molecule has 3 nitrogen and oxygen atoms in total. The van der Waals surface area contributed by atoms with Crippen LogP contribution in [-0.4, -0.2) is 5.91 Å². The van der Waals surface area contributed by atoms with Crippen LogP contribution in [0.15, 0.2) is 12.1 Å². The Bertz CT molecular complexity index is 491. The molecule has 1 aromatic rings. The molecular formula is C14H19ClN2O. The fraction of sp³-hybridized carbons (Fsp3) is 0.500. The van der Waals surface area contributed by atoms with Gasteiger partial charge < -0.3 is 11.1 Å². The number of aryl methyl sites for hydroxylation is 1. The standard InChI is InChI=1S/C14H19ClN2O/c1-14(2,3)13(16)9-6-8-4-5-11(18)17-12(8)10(15)7-9/h6-7,13H,4-5,16H2,1-3H3,(H,17,18). The minimum Gasteiger partial charge on any atom is -0.325 e. The summed E-state index contributed by atoms with van der Waals surface area (Å²) in [6.45, 7) is 6.31. The number of anilines is 1. The molecule has 0 aromatic heterocycles. The summed E-state index contributed by atoms with van der Waals surface area (Å²) in [4.78, 5) is 11.4. The number of fused-ring (bicyclic) bond motifs is 1. The minimum absolute atomic E-state index is 0.0184. The molecule has 1 amide bonds. The van der Waals surface area contributed by atoms with E-state index in [1.807, 2.05) is 6.07 Å². The molecular weight excluding hydrogens is 248 g/mol. The Hall–Kier alpha value is -1.06. The van der Waals surface area contributed by atoms with E-state index in [2.05, 4.69) is 32.2 Å². The van der Waals surface area contributed by atoms with Gasteiger partial charge in [-0.3, -0.25) is 4.79 Å². The van der Waals surface area contributed by atoms with Gasteiger partial charge in [-0.2, -0.15) is 0 Å². The van der Waals surface area contributed by atoms with Crippen LogP contribution >= 0.6 is 11.6 Å². The number of amides is 1. The molecule has 1 unspecified atom stereocenters. The number of rotatable bonds is 1. The minimum atomic E-state index is -0.0714. The number of hydrogen-bond donors (Lipinski definition) is 2. The molecule has 18 heavy (non-hydrogen) atoms. The van der Waals surface area contributed by atoms with E-state index in [9.17, 15) is 4.79 Å². The van der Waals surface area contributed by atoms with Gasteiger partial charge in [0.1, 0.15) is 0 Å². The lowest BCUT2D eigenvalue weighted by molar-refractivity contribution is -0.116. The number of halogens is 1. The summed E-state index contributed by atoms with van der Waals surface area (Å²) in [5.41, 5.74) is 9.10. The Balaban J connectivity index is 2.42. The average Bonchev–Trinajstić information content (AvgIpc) is 2.27. The lowest BCUT2D eigenvalue weighted by Crippen LogP contribution is -2.27. The highest BCUT2D eigenvalue weighted by Crippen LogP contribution is 2.37. The molecule has 4 heteroatoms. The van der Waals surface area contributed by atoms with Gasteiger partial charge in [-0.25, -0.2) is 0 Å². The van der Waals surface area contributed by atoms with E-state index >= 15 is 0 Å². The molecule has 0 aliphatic carbocycles. The van der Waals surface area contributed by atoms with E-state index in [0.717, 1.165) is 23.2 Å². The van der Waals surface area contributed by atoms with E-state index in [-0.39, 0.29) is 17.4 Å². The van der Waals surface area contributed by atoms with Gasteiger partial charge >= 0.3 is 0 Å². The number of nitrogens with one attached hydrogen (secondary N) is 1. The molecule has 1 atom stereocenters. The van der Waals surface area contributed by atoms with Crippen LogP contribution in [0.1, 0.15) is 44.4 Å². The average molecular weight is 267 g/mol. The zero-order chi connectivity index (χ0) is 13.5. The van der Waals surface area contributed by atoms with Crippen LogP contribution in [0.2, 0.25) is 5.02 Å². The first-order valence-electron chi connectivity index (χ1n) is 6.17. The number of carbonyl (C=O) groups excluding carboxylic acids is 1. The molecule has 0 radical (unpaired) electrons. The second-order valence-electron chi connectivity index (χ2n) is 5.93. The van der Waals surface area contributed by atoms with Crippen molar-refractivity contribution in [2.24, 2.45) is 11.1 Å². The van der Waals surface area contributed by atoms with Gasteiger partial charge in [-0.05, 0) is 29.0 Å². The highest BCUT2D eigenvalue weighted by atomic mass is 35.5. The summed E-state index contributed by atoms with van der Waals surface area (Å²) in [6.07, 6.45) is 1.24. The molecule has 1 aliphatic heterocycles. The SMILES string of the molecule is CC(C)(C)C(N)c1cc(Cl)c2c(c1)CCC(=O)N2. The molecule has 1 heterocycles. The van der Waals surface area contributed by atoms with Gasteiger partial charge in [-0.15, -0.1) is 0 Å². The maximum atomic E-state index is 11.4. The molecule has 0 fully saturated rings. The molecule has 1 aliphatic rings. The summed E-state index contributed by atoms with van der Waals surface area (Å²) in [7, 11) is 0. The fourth-order valence-electron chi connectivity index (χ4n) is 2.15. The number of hydrogen-bond acceptors (Lipinski definition) is 2. The highest BCUT2D eigenvalue weighted by molar-refractivity contribution is 6.34. The van der Waals surface area contributed by atoms with Crippen molar-refractivity contribution in [3.05, 3.63) is 28.3 Å². The third-order valence-electron chi connectivity index (χ3n) is 3.37.